The van der Waals surface area contributed by atoms with E-state index in [0.29, 0.717) is 0 Å². The Labute approximate surface area is 128 Å². The molecule has 0 aromatic heterocycles. The van der Waals surface area contributed by atoms with Gasteiger partial charge in [0.25, 0.3) is 0 Å². The molecule has 2 aromatic rings. The minimum absolute atomic E-state index is 0.752. The van der Waals surface area contributed by atoms with Gasteiger partial charge in [0.1, 0.15) is 0 Å². The van der Waals surface area contributed by atoms with Crippen LogP contribution in [0.1, 0.15) is 39.8 Å². The van der Waals surface area contributed by atoms with E-state index >= 15 is 0 Å². The summed E-state index contributed by atoms with van der Waals surface area (Å²) in [6.45, 7) is 7.28. The van der Waals surface area contributed by atoms with Gasteiger partial charge in [0.2, 0.25) is 0 Å². The monoisotopic (exact) mass is 279 g/mol. The Kier molecular flexibility index (Phi) is 5.35. The van der Waals surface area contributed by atoms with Crippen LogP contribution in [0.4, 0.5) is 0 Å². The number of aryl methyl sites for hydroxylation is 3. The van der Waals surface area contributed by atoms with Crippen LogP contribution in [0.3, 0.4) is 0 Å². The minimum Gasteiger partial charge on any atom is -0.330 e. The van der Waals surface area contributed by atoms with Crippen molar-refractivity contribution in [2.75, 3.05) is 6.54 Å². The summed E-state index contributed by atoms with van der Waals surface area (Å²) >= 11 is 0. The molecule has 0 atom stereocenters. The lowest BCUT2D eigenvalue weighted by Gasteiger charge is -2.09. The van der Waals surface area contributed by atoms with Crippen molar-refractivity contribution < 1.29 is 0 Å². The molecule has 21 heavy (non-hydrogen) atoms. The van der Waals surface area contributed by atoms with E-state index in [-0.39, 0.29) is 0 Å². The minimum atomic E-state index is 0.752. The smallest absolute Gasteiger partial charge is 0.00741 e. The van der Waals surface area contributed by atoms with Crippen LogP contribution in [0.2, 0.25) is 0 Å². The molecule has 0 saturated carbocycles. The van der Waals surface area contributed by atoms with Crippen molar-refractivity contribution in [2.45, 2.75) is 33.6 Å². The van der Waals surface area contributed by atoms with Gasteiger partial charge in [-0.1, -0.05) is 48.6 Å². The van der Waals surface area contributed by atoms with Gasteiger partial charge >= 0.3 is 0 Å². The van der Waals surface area contributed by atoms with Crippen molar-refractivity contribution in [3.63, 3.8) is 0 Å². The molecule has 0 radical (unpaired) electrons. The molecule has 0 aliphatic carbocycles. The van der Waals surface area contributed by atoms with Crippen molar-refractivity contribution >= 4 is 12.2 Å². The normalized spacial score (nSPS) is 11.2. The van der Waals surface area contributed by atoms with Crippen LogP contribution in [-0.2, 0) is 6.42 Å². The SMILES string of the molecule is Cc1cccc(C)c1C=Cc1cccc(CCCN)c1C. The Bertz CT molecular complexity index is 618. The highest BCUT2D eigenvalue weighted by molar-refractivity contribution is 5.74. The lowest BCUT2D eigenvalue weighted by atomic mass is 9.97. The molecule has 1 nitrogen and oxygen atoms in total. The predicted octanol–water partition coefficient (Wildman–Crippen LogP) is 4.67. The van der Waals surface area contributed by atoms with Gasteiger partial charge in [0.05, 0.1) is 0 Å². The summed E-state index contributed by atoms with van der Waals surface area (Å²) in [6, 6.07) is 13.0. The summed E-state index contributed by atoms with van der Waals surface area (Å²) in [7, 11) is 0. The second-order valence-corrected chi connectivity index (χ2v) is 5.66. The first kappa shape index (κ1) is 15.5. The fourth-order valence-corrected chi connectivity index (χ4v) is 2.71. The van der Waals surface area contributed by atoms with E-state index in [2.05, 4.69) is 69.3 Å². The zero-order valence-electron chi connectivity index (χ0n) is 13.3. The van der Waals surface area contributed by atoms with E-state index in [1.165, 1.54) is 33.4 Å². The highest BCUT2D eigenvalue weighted by Gasteiger charge is 2.02. The molecule has 0 aliphatic rings. The van der Waals surface area contributed by atoms with Gasteiger partial charge in [0, 0.05) is 0 Å². The Hall–Kier alpha value is -1.86. The van der Waals surface area contributed by atoms with E-state index in [1.54, 1.807) is 0 Å². The standard InChI is InChI=1S/C20H25N/c1-15-7-4-8-16(2)20(15)13-12-19-10-5-9-18(17(19)3)11-6-14-21/h4-5,7-10,12-13H,6,11,14,21H2,1-3H3. The Balaban J connectivity index is 2.29. The van der Waals surface area contributed by atoms with Gasteiger partial charge in [-0.25, -0.2) is 0 Å². The molecule has 0 heterocycles. The van der Waals surface area contributed by atoms with Gasteiger partial charge < -0.3 is 5.73 Å². The number of benzene rings is 2. The molecule has 2 N–H and O–H groups in total. The first-order chi connectivity index (χ1) is 10.1. The van der Waals surface area contributed by atoms with Crippen LogP contribution in [0, 0.1) is 20.8 Å². The molecule has 2 aromatic carbocycles. The molecule has 0 spiro atoms. The van der Waals surface area contributed by atoms with Gasteiger partial charge in [0.15, 0.2) is 0 Å². The van der Waals surface area contributed by atoms with Crippen molar-refractivity contribution in [1.29, 1.82) is 0 Å². The molecule has 0 bridgehead atoms. The van der Waals surface area contributed by atoms with Crippen LogP contribution in [-0.4, -0.2) is 6.54 Å². The maximum Gasteiger partial charge on any atom is -0.00741 e. The van der Waals surface area contributed by atoms with Crippen LogP contribution in [0.5, 0.6) is 0 Å². The van der Waals surface area contributed by atoms with Gasteiger partial charge in [-0.2, -0.15) is 0 Å². The van der Waals surface area contributed by atoms with Gasteiger partial charge in [-0.15, -0.1) is 0 Å². The second-order valence-electron chi connectivity index (χ2n) is 5.66. The topological polar surface area (TPSA) is 26.0 Å². The van der Waals surface area contributed by atoms with Crippen molar-refractivity contribution in [1.82, 2.24) is 0 Å². The molecule has 110 valence electrons. The van der Waals surface area contributed by atoms with E-state index in [4.69, 9.17) is 5.73 Å². The Morgan fingerprint density at radius 3 is 2.24 bits per heavy atom. The van der Waals surface area contributed by atoms with Crippen molar-refractivity contribution in [3.8, 4) is 0 Å². The molecule has 0 amide bonds. The van der Waals surface area contributed by atoms with E-state index in [9.17, 15) is 0 Å². The molecule has 0 aliphatic heterocycles. The molecule has 0 fully saturated rings. The summed E-state index contributed by atoms with van der Waals surface area (Å²) in [5.74, 6) is 0. The summed E-state index contributed by atoms with van der Waals surface area (Å²) in [4.78, 5) is 0. The average Bonchev–Trinajstić information content (AvgIpc) is 2.47. The first-order valence-corrected chi connectivity index (χ1v) is 7.66. The van der Waals surface area contributed by atoms with Crippen molar-refractivity contribution in [3.05, 3.63) is 69.8 Å². The van der Waals surface area contributed by atoms with E-state index in [0.717, 1.165) is 19.4 Å². The van der Waals surface area contributed by atoms with Crippen molar-refractivity contribution in [2.24, 2.45) is 5.73 Å². The van der Waals surface area contributed by atoms with Gasteiger partial charge in [-0.3, -0.25) is 0 Å². The highest BCUT2D eigenvalue weighted by atomic mass is 14.5. The average molecular weight is 279 g/mol. The molecule has 0 saturated heterocycles. The zero-order valence-corrected chi connectivity index (χ0v) is 13.3. The Morgan fingerprint density at radius 2 is 1.57 bits per heavy atom. The fraction of sp³-hybridized carbons (Fsp3) is 0.300. The number of hydrogen-bond donors (Lipinski definition) is 1. The molecule has 0 unspecified atom stereocenters. The van der Waals surface area contributed by atoms with Gasteiger partial charge in [-0.05, 0) is 73.5 Å². The molecule has 2 rings (SSSR count). The first-order valence-electron chi connectivity index (χ1n) is 7.66. The lowest BCUT2D eigenvalue weighted by Crippen LogP contribution is -2.01. The summed E-state index contributed by atoms with van der Waals surface area (Å²) in [5.41, 5.74) is 13.7. The van der Waals surface area contributed by atoms with Crippen LogP contribution in [0.15, 0.2) is 36.4 Å². The number of nitrogens with two attached hydrogens (primary N) is 1. The lowest BCUT2D eigenvalue weighted by molar-refractivity contribution is 0.827. The molecular weight excluding hydrogens is 254 g/mol. The summed E-state index contributed by atoms with van der Waals surface area (Å²) < 4.78 is 0. The maximum atomic E-state index is 5.62. The second kappa shape index (κ2) is 7.24. The molecule has 1 heteroatoms. The van der Waals surface area contributed by atoms with E-state index < -0.39 is 0 Å². The number of hydrogen-bond acceptors (Lipinski definition) is 1. The third kappa shape index (κ3) is 3.83. The largest absolute Gasteiger partial charge is 0.330 e. The quantitative estimate of drug-likeness (QED) is 0.791. The Morgan fingerprint density at radius 1 is 0.905 bits per heavy atom. The van der Waals surface area contributed by atoms with Crippen LogP contribution < -0.4 is 5.73 Å². The summed E-state index contributed by atoms with van der Waals surface area (Å²) in [5, 5.41) is 0. The van der Waals surface area contributed by atoms with Crippen LogP contribution >= 0.6 is 0 Å². The third-order valence-electron chi connectivity index (χ3n) is 4.11. The van der Waals surface area contributed by atoms with E-state index in [1.807, 2.05) is 0 Å². The number of rotatable bonds is 5. The third-order valence-corrected chi connectivity index (χ3v) is 4.11. The van der Waals surface area contributed by atoms with Crippen LogP contribution in [0.25, 0.3) is 12.2 Å². The maximum absolute atomic E-state index is 5.62. The molecular formula is C20H25N. The highest BCUT2D eigenvalue weighted by Crippen LogP contribution is 2.20. The predicted molar refractivity (Wildman–Crippen MR) is 93.4 cm³/mol. The zero-order chi connectivity index (χ0) is 15.2. The summed E-state index contributed by atoms with van der Waals surface area (Å²) in [6.07, 6.45) is 6.58. The fourth-order valence-electron chi connectivity index (χ4n) is 2.71.